The summed E-state index contributed by atoms with van der Waals surface area (Å²) in [6.45, 7) is 2.01. The average molecular weight is 329 g/mol. The summed E-state index contributed by atoms with van der Waals surface area (Å²) < 4.78 is 1.06. The fourth-order valence-electron chi connectivity index (χ4n) is 2.24. The molecule has 2 aromatic rings. The number of hydrogen-bond acceptors (Lipinski definition) is 1. The first-order valence-electron chi connectivity index (χ1n) is 6.65. The van der Waals surface area contributed by atoms with Gasteiger partial charge in [-0.2, -0.15) is 0 Å². The van der Waals surface area contributed by atoms with Crippen LogP contribution in [0, 0.1) is 12.3 Å². The number of hydrogen-bond donors (Lipinski definition) is 1. The zero-order chi connectivity index (χ0) is 14.6. The van der Waals surface area contributed by atoms with Gasteiger partial charge in [-0.1, -0.05) is 71.6 Å². The molecule has 0 aliphatic carbocycles. The lowest BCUT2D eigenvalue weighted by Crippen LogP contribution is -2.22. The molecule has 1 atom stereocenters. The van der Waals surface area contributed by atoms with Crippen molar-refractivity contribution in [3.8, 4) is 23.5 Å². The molecular formula is C18H17BrO. The highest BCUT2D eigenvalue weighted by atomic mass is 79.9. The van der Waals surface area contributed by atoms with Crippen molar-refractivity contribution in [1.29, 1.82) is 0 Å². The Morgan fingerprint density at radius 1 is 1.05 bits per heavy atom. The van der Waals surface area contributed by atoms with Gasteiger partial charge >= 0.3 is 0 Å². The molecule has 0 aliphatic rings. The molecule has 0 heterocycles. The summed E-state index contributed by atoms with van der Waals surface area (Å²) >= 11 is 3.43. The van der Waals surface area contributed by atoms with Crippen LogP contribution in [-0.2, 0) is 5.60 Å². The highest BCUT2D eigenvalue weighted by molar-refractivity contribution is 9.10. The van der Waals surface area contributed by atoms with Crippen molar-refractivity contribution in [3.63, 3.8) is 0 Å². The fraction of sp³-hybridized carbons (Fsp3) is 0.222. The molecule has 1 unspecified atom stereocenters. The Kier molecular flexibility index (Phi) is 4.65. The lowest BCUT2D eigenvalue weighted by molar-refractivity contribution is 0.0896. The zero-order valence-corrected chi connectivity index (χ0v) is 13.0. The number of aliphatic hydroxyl groups is 1. The van der Waals surface area contributed by atoms with Crippen LogP contribution in [0.5, 0.6) is 0 Å². The molecule has 0 aromatic heterocycles. The number of rotatable bonds is 4. The second-order valence-corrected chi connectivity index (χ2v) is 5.75. The largest absolute Gasteiger partial charge is 0.373 e. The predicted molar refractivity (Wildman–Crippen MR) is 87.2 cm³/mol. The van der Waals surface area contributed by atoms with Gasteiger partial charge in [0.1, 0.15) is 0 Å². The Morgan fingerprint density at radius 3 is 2.00 bits per heavy atom. The Morgan fingerprint density at radius 2 is 1.55 bits per heavy atom. The van der Waals surface area contributed by atoms with Crippen LogP contribution in [0.1, 0.15) is 25.3 Å². The minimum absolute atomic E-state index is 0.571. The molecule has 1 N–H and O–H groups in total. The number of halogens is 1. The van der Waals surface area contributed by atoms with Gasteiger partial charge in [-0.25, -0.2) is 0 Å². The highest BCUT2D eigenvalue weighted by Crippen LogP contribution is 2.28. The number of benzene rings is 2. The molecule has 0 amide bonds. The van der Waals surface area contributed by atoms with Crippen LogP contribution in [0.15, 0.2) is 53.0 Å². The van der Waals surface area contributed by atoms with Gasteiger partial charge < -0.3 is 5.11 Å². The van der Waals surface area contributed by atoms with Gasteiger partial charge in [0.25, 0.3) is 0 Å². The summed E-state index contributed by atoms with van der Waals surface area (Å²) in [6.07, 6.45) is 6.90. The Hall–Kier alpha value is -1.56. The summed E-state index contributed by atoms with van der Waals surface area (Å²) in [5.74, 6) is 2.51. The van der Waals surface area contributed by atoms with E-state index < -0.39 is 5.60 Å². The van der Waals surface area contributed by atoms with Crippen LogP contribution in [0.2, 0.25) is 0 Å². The maximum absolute atomic E-state index is 10.4. The van der Waals surface area contributed by atoms with E-state index in [1.54, 1.807) is 0 Å². The van der Waals surface area contributed by atoms with Crippen molar-refractivity contribution in [2.45, 2.75) is 25.4 Å². The van der Waals surface area contributed by atoms with Crippen LogP contribution in [-0.4, -0.2) is 5.11 Å². The maximum Gasteiger partial charge on any atom is 0.150 e. The third kappa shape index (κ3) is 3.12. The van der Waals surface area contributed by atoms with E-state index in [0.717, 1.165) is 27.6 Å². The van der Waals surface area contributed by atoms with Gasteiger partial charge in [0.15, 0.2) is 5.60 Å². The zero-order valence-electron chi connectivity index (χ0n) is 11.4. The molecule has 0 saturated heterocycles. The van der Waals surface area contributed by atoms with Gasteiger partial charge in [-0.05, 0) is 35.2 Å². The third-order valence-electron chi connectivity index (χ3n) is 3.39. The van der Waals surface area contributed by atoms with Gasteiger partial charge in [-0.15, -0.1) is 6.42 Å². The first-order chi connectivity index (χ1) is 9.59. The van der Waals surface area contributed by atoms with Gasteiger partial charge in [0, 0.05) is 4.47 Å². The Balaban J connectivity index is 2.31. The van der Waals surface area contributed by atoms with Gasteiger partial charge in [0.2, 0.25) is 0 Å². The molecule has 0 bridgehead atoms. The van der Waals surface area contributed by atoms with E-state index in [2.05, 4.69) is 34.0 Å². The summed E-state index contributed by atoms with van der Waals surface area (Å²) in [5, 5.41) is 10.4. The lowest BCUT2D eigenvalue weighted by Gasteiger charge is -2.22. The molecule has 2 aromatic carbocycles. The molecule has 2 rings (SSSR count). The smallest absolute Gasteiger partial charge is 0.150 e. The second kappa shape index (κ2) is 6.26. The minimum Gasteiger partial charge on any atom is -0.373 e. The molecule has 0 fully saturated rings. The van der Waals surface area contributed by atoms with Crippen molar-refractivity contribution in [2.24, 2.45) is 0 Å². The molecule has 2 heteroatoms. The van der Waals surface area contributed by atoms with Crippen molar-refractivity contribution in [2.75, 3.05) is 0 Å². The second-order valence-electron chi connectivity index (χ2n) is 4.84. The quantitative estimate of drug-likeness (QED) is 0.804. The van der Waals surface area contributed by atoms with E-state index in [-0.39, 0.29) is 0 Å². The fourth-order valence-corrected chi connectivity index (χ4v) is 2.51. The predicted octanol–water partition coefficient (Wildman–Crippen LogP) is 4.74. The third-order valence-corrected chi connectivity index (χ3v) is 3.92. The topological polar surface area (TPSA) is 20.2 Å². The normalized spacial score (nSPS) is 13.5. The van der Waals surface area contributed by atoms with E-state index in [4.69, 9.17) is 6.42 Å². The molecule has 0 radical (unpaired) electrons. The first kappa shape index (κ1) is 14.8. The summed E-state index contributed by atoms with van der Waals surface area (Å²) in [5.41, 5.74) is 1.87. The van der Waals surface area contributed by atoms with E-state index in [1.165, 1.54) is 0 Å². The Labute approximate surface area is 128 Å². The van der Waals surface area contributed by atoms with Crippen LogP contribution < -0.4 is 0 Å². The molecule has 1 nitrogen and oxygen atoms in total. The van der Waals surface area contributed by atoms with Crippen molar-refractivity contribution >= 4 is 15.9 Å². The maximum atomic E-state index is 10.4. The Bertz CT molecular complexity index is 607. The molecule has 0 spiro atoms. The number of terminal acetylenes is 1. The van der Waals surface area contributed by atoms with E-state index in [1.807, 2.05) is 43.3 Å². The molecular weight excluding hydrogens is 312 g/mol. The average Bonchev–Trinajstić information content (AvgIpc) is 2.48. The van der Waals surface area contributed by atoms with Crippen molar-refractivity contribution in [1.82, 2.24) is 0 Å². The van der Waals surface area contributed by atoms with Crippen molar-refractivity contribution < 1.29 is 5.11 Å². The summed E-state index contributed by atoms with van der Waals surface area (Å²) in [4.78, 5) is 0. The van der Waals surface area contributed by atoms with E-state index in [0.29, 0.717) is 6.42 Å². The van der Waals surface area contributed by atoms with Crippen LogP contribution in [0.25, 0.3) is 11.1 Å². The van der Waals surface area contributed by atoms with Gasteiger partial charge in [0.05, 0.1) is 0 Å². The molecule has 102 valence electrons. The van der Waals surface area contributed by atoms with E-state index in [9.17, 15) is 5.11 Å². The van der Waals surface area contributed by atoms with Crippen LogP contribution in [0.4, 0.5) is 0 Å². The van der Waals surface area contributed by atoms with Gasteiger partial charge in [-0.3, -0.25) is 0 Å². The minimum atomic E-state index is -1.16. The SMILES string of the molecule is C#CC(O)(CCC)c1ccc(-c2ccc(Br)cc2)cc1. The van der Waals surface area contributed by atoms with E-state index >= 15 is 0 Å². The highest BCUT2D eigenvalue weighted by Gasteiger charge is 2.25. The standard InChI is InChI=1S/C18H17BrO/c1-3-13-18(20,4-2)16-9-5-14(6-10-16)15-7-11-17(19)12-8-15/h2,5-12,20H,3,13H2,1H3. The van der Waals surface area contributed by atoms with Crippen LogP contribution >= 0.6 is 15.9 Å². The molecule has 0 saturated carbocycles. The van der Waals surface area contributed by atoms with Crippen molar-refractivity contribution in [3.05, 3.63) is 58.6 Å². The van der Waals surface area contributed by atoms with Crippen LogP contribution in [0.3, 0.4) is 0 Å². The molecule has 20 heavy (non-hydrogen) atoms. The summed E-state index contributed by atoms with van der Waals surface area (Å²) in [7, 11) is 0. The summed E-state index contributed by atoms with van der Waals surface area (Å²) in [6, 6.07) is 15.9. The monoisotopic (exact) mass is 328 g/mol. The molecule has 0 aliphatic heterocycles. The first-order valence-corrected chi connectivity index (χ1v) is 7.45. The lowest BCUT2D eigenvalue weighted by atomic mass is 9.89.